The van der Waals surface area contributed by atoms with Gasteiger partial charge in [0.2, 0.25) is 21.8 Å². The molecule has 150 valence electrons. The summed E-state index contributed by atoms with van der Waals surface area (Å²) >= 11 is 0. The van der Waals surface area contributed by atoms with Gasteiger partial charge in [-0.1, -0.05) is 13.8 Å². The number of benzene rings is 1. The number of hydrogen-bond acceptors (Lipinski definition) is 4. The van der Waals surface area contributed by atoms with Crippen LogP contribution in [0, 0.1) is 5.92 Å². The summed E-state index contributed by atoms with van der Waals surface area (Å²) in [5, 5.41) is 0. The van der Waals surface area contributed by atoms with Crippen LogP contribution >= 0.6 is 0 Å². The van der Waals surface area contributed by atoms with Gasteiger partial charge in [-0.05, 0) is 36.4 Å². The predicted molar refractivity (Wildman–Crippen MR) is 106 cm³/mol. The number of nitrogens with zero attached hydrogens (tertiary/aromatic N) is 3. The van der Waals surface area contributed by atoms with Gasteiger partial charge in [0.25, 0.3) is 0 Å². The fourth-order valence-electron chi connectivity index (χ4n) is 3.27. The summed E-state index contributed by atoms with van der Waals surface area (Å²) in [6.45, 7) is 4.62. The van der Waals surface area contributed by atoms with Crippen molar-refractivity contribution in [2.75, 3.05) is 30.0 Å². The lowest BCUT2D eigenvalue weighted by Gasteiger charge is -2.20. The van der Waals surface area contributed by atoms with Gasteiger partial charge in [0.1, 0.15) is 0 Å². The smallest absolute Gasteiger partial charge is 0.244 e. The fourth-order valence-corrected chi connectivity index (χ4v) is 4.73. The van der Waals surface area contributed by atoms with E-state index < -0.39 is 15.9 Å². The molecule has 1 saturated heterocycles. The summed E-state index contributed by atoms with van der Waals surface area (Å²) < 4.78 is 28.1. The van der Waals surface area contributed by atoms with E-state index in [1.165, 1.54) is 21.3 Å². The van der Waals surface area contributed by atoms with Crippen molar-refractivity contribution < 1.29 is 18.0 Å². The number of amides is 2. The van der Waals surface area contributed by atoms with Crippen LogP contribution < -0.4 is 10.3 Å². The lowest BCUT2D eigenvalue weighted by atomic mass is 10.1. The summed E-state index contributed by atoms with van der Waals surface area (Å²) in [6.07, 6.45) is 3.54. The molecule has 3 rings (SSSR count). The zero-order chi connectivity index (χ0) is 20.3. The van der Waals surface area contributed by atoms with Crippen molar-refractivity contribution in [2.24, 2.45) is 5.92 Å². The molecule has 0 unspecified atom stereocenters. The molecule has 8 nitrogen and oxygen atoms in total. The number of carbonyl (C=O) groups is 2. The Balaban J connectivity index is 1.72. The highest BCUT2D eigenvalue weighted by Gasteiger charge is 2.35. The van der Waals surface area contributed by atoms with E-state index >= 15 is 0 Å². The number of nitrogens with one attached hydrogen (secondary N) is 1. The first-order valence-electron chi connectivity index (χ1n) is 9.21. The number of carbonyl (C=O) groups excluding carboxylic acids is 2. The summed E-state index contributed by atoms with van der Waals surface area (Å²) in [4.78, 5) is 26.5. The van der Waals surface area contributed by atoms with Crippen molar-refractivity contribution in [2.45, 2.75) is 25.2 Å². The van der Waals surface area contributed by atoms with Gasteiger partial charge in [0, 0.05) is 44.1 Å². The van der Waals surface area contributed by atoms with Crippen LogP contribution in [-0.2, 0) is 19.6 Å². The second kappa shape index (κ2) is 8.15. The SMILES string of the molecule is CCN(CC)S(=O)(=O)c1ccc(N2C[C@H](C(=O)Nn3cccc3)CC2=O)cc1. The van der Waals surface area contributed by atoms with Crippen LogP contribution in [0.25, 0.3) is 0 Å². The van der Waals surface area contributed by atoms with E-state index in [2.05, 4.69) is 5.43 Å². The van der Waals surface area contributed by atoms with E-state index in [1.807, 2.05) is 0 Å². The Morgan fingerprint density at radius 2 is 1.75 bits per heavy atom. The van der Waals surface area contributed by atoms with Crippen LogP contribution in [-0.4, -0.2) is 48.8 Å². The molecule has 0 radical (unpaired) electrons. The molecule has 2 aromatic rings. The number of aromatic nitrogens is 1. The van der Waals surface area contributed by atoms with E-state index in [9.17, 15) is 18.0 Å². The van der Waals surface area contributed by atoms with Gasteiger partial charge < -0.3 is 4.90 Å². The Kier molecular flexibility index (Phi) is 5.85. The van der Waals surface area contributed by atoms with Gasteiger partial charge in [0.15, 0.2) is 0 Å². The van der Waals surface area contributed by atoms with Crippen LogP contribution in [0.4, 0.5) is 5.69 Å². The standard InChI is InChI=1S/C19H24N4O4S/c1-3-22(4-2)28(26,27)17-9-7-16(8-10-17)23-14-15(13-18(23)24)19(25)20-21-11-5-6-12-21/h5-12,15H,3-4,13-14H2,1-2H3,(H,20,25)/t15-/m1/s1. The quantitative estimate of drug-likeness (QED) is 0.759. The largest absolute Gasteiger partial charge is 0.312 e. The first-order valence-corrected chi connectivity index (χ1v) is 10.6. The second-order valence-electron chi connectivity index (χ2n) is 6.55. The summed E-state index contributed by atoms with van der Waals surface area (Å²) in [5.41, 5.74) is 3.31. The summed E-state index contributed by atoms with van der Waals surface area (Å²) in [7, 11) is -3.55. The Morgan fingerprint density at radius 3 is 2.32 bits per heavy atom. The molecule has 2 amide bonds. The van der Waals surface area contributed by atoms with Gasteiger partial charge in [0.05, 0.1) is 10.8 Å². The van der Waals surface area contributed by atoms with Gasteiger partial charge in [-0.3, -0.25) is 19.7 Å². The molecule has 0 spiro atoms. The third kappa shape index (κ3) is 3.95. The van der Waals surface area contributed by atoms with Gasteiger partial charge in [-0.2, -0.15) is 4.31 Å². The van der Waals surface area contributed by atoms with E-state index in [0.717, 1.165) is 0 Å². The van der Waals surface area contributed by atoms with Gasteiger partial charge in [-0.15, -0.1) is 0 Å². The third-order valence-electron chi connectivity index (χ3n) is 4.83. The van der Waals surface area contributed by atoms with E-state index in [1.54, 1.807) is 55.2 Å². The molecule has 1 aliphatic rings. The zero-order valence-corrected chi connectivity index (χ0v) is 16.7. The first kappa shape index (κ1) is 20.1. The number of sulfonamides is 1. The number of hydrogen-bond donors (Lipinski definition) is 1. The molecule has 9 heteroatoms. The molecule has 1 fully saturated rings. The molecule has 1 aromatic heterocycles. The first-order chi connectivity index (χ1) is 13.4. The zero-order valence-electron chi connectivity index (χ0n) is 15.9. The number of rotatable bonds is 7. The van der Waals surface area contributed by atoms with Crippen LogP contribution in [0.1, 0.15) is 20.3 Å². The van der Waals surface area contributed by atoms with E-state index in [-0.39, 0.29) is 29.7 Å². The molecule has 2 heterocycles. The lowest BCUT2D eigenvalue weighted by Crippen LogP contribution is -2.31. The summed E-state index contributed by atoms with van der Waals surface area (Å²) in [5.74, 6) is -0.853. The molecule has 0 bridgehead atoms. The minimum absolute atomic E-state index is 0.118. The molecular formula is C19H24N4O4S. The van der Waals surface area contributed by atoms with Crippen LogP contribution in [0.2, 0.25) is 0 Å². The van der Waals surface area contributed by atoms with Crippen molar-refractivity contribution in [3.8, 4) is 0 Å². The molecular weight excluding hydrogens is 380 g/mol. The third-order valence-corrected chi connectivity index (χ3v) is 6.90. The average molecular weight is 404 g/mol. The van der Waals surface area contributed by atoms with Crippen molar-refractivity contribution in [3.63, 3.8) is 0 Å². The molecule has 1 aliphatic heterocycles. The molecule has 0 aliphatic carbocycles. The average Bonchev–Trinajstić information content (AvgIpc) is 3.32. The van der Waals surface area contributed by atoms with Crippen molar-refractivity contribution in [1.29, 1.82) is 0 Å². The Labute approximate surface area is 164 Å². The Hall–Kier alpha value is -2.65. The van der Waals surface area contributed by atoms with Crippen molar-refractivity contribution in [3.05, 3.63) is 48.8 Å². The fraction of sp³-hybridized carbons (Fsp3) is 0.368. The Morgan fingerprint density at radius 1 is 1.14 bits per heavy atom. The van der Waals surface area contributed by atoms with E-state index in [0.29, 0.717) is 18.8 Å². The molecule has 1 N–H and O–H groups in total. The Bertz CT molecular complexity index is 935. The molecule has 28 heavy (non-hydrogen) atoms. The second-order valence-corrected chi connectivity index (χ2v) is 8.49. The van der Waals surface area contributed by atoms with Gasteiger partial charge >= 0.3 is 0 Å². The topological polar surface area (TPSA) is 91.7 Å². The molecule has 1 atom stereocenters. The highest BCUT2D eigenvalue weighted by molar-refractivity contribution is 7.89. The molecule has 0 saturated carbocycles. The molecule has 1 aromatic carbocycles. The monoisotopic (exact) mass is 404 g/mol. The van der Waals surface area contributed by atoms with E-state index in [4.69, 9.17) is 0 Å². The predicted octanol–water partition coefficient (Wildman–Crippen LogP) is 1.64. The van der Waals surface area contributed by atoms with Crippen LogP contribution in [0.5, 0.6) is 0 Å². The summed E-state index contributed by atoms with van der Waals surface area (Å²) in [6, 6.07) is 9.81. The van der Waals surface area contributed by atoms with Crippen molar-refractivity contribution >= 4 is 27.5 Å². The number of anilines is 1. The highest BCUT2D eigenvalue weighted by atomic mass is 32.2. The minimum Gasteiger partial charge on any atom is -0.312 e. The van der Waals surface area contributed by atoms with Gasteiger partial charge in [-0.25, -0.2) is 8.42 Å². The van der Waals surface area contributed by atoms with Crippen LogP contribution in [0.3, 0.4) is 0 Å². The maximum atomic E-state index is 12.6. The van der Waals surface area contributed by atoms with Crippen molar-refractivity contribution in [1.82, 2.24) is 8.98 Å². The normalized spacial score (nSPS) is 17.3. The lowest BCUT2D eigenvalue weighted by molar-refractivity contribution is -0.123. The minimum atomic E-state index is -3.55. The maximum Gasteiger partial charge on any atom is 0.244 e. The van der Waals surface area contributed by atoms with Crippen LogP contribution in [0.15, 0.2) is 53.7 Å². The highest BCUT2D eigenvalue weighted by Crippen LogP contribution is 2.27. The maximum absolute atomic E-state index is 12.6.